The number of allylic oxidation sites excluding steroid dienone is 6. The van der Waals surface area contributed by atoms with Gasteiger partial charge in [-0.1, -0.05) is 216 Å². The van der Waals surface area contributed by atoms with Crippen molar-refractivity contribution in [2.45, 2.75) is 333 Å². The monoisotopic (exact) mass is 1230 g/mol. The van der Waals surface area contributed by atoms with E-state index in [1.54, 1.807) is 0 Å². The Morgan fingerprint density at radius 2 is 0.611 bits per heavy atom. The molecule has 3 nitrogen and oxygen atoms in total. The van der Waals surface area contributed by atoms with Crippen molar-refractivity contribution < 1.29 is 0 Å². The lowest BCUT2D eigenvalue weighted by molar-refractivity contribution is -0.0503. The van der Waals surface area contributed by atoms with Crippen LogP contribution in [-0.4, -0.2) is 56.3 Å². The third kappa shape index (κ3) is 11.4. The van der Waals surface area contributed by atoms with Gasteiger partial charge < -0.3 is 14.2 Å². The van der Waals surface area contributed by atoms with E-state index in [0.29, 0.717) is 70.9 Å². The van der Waals surface area contributed by atoms with Crippen LogP contribution in [0.15, 0.2) is 34.9 Å². The van der Waals surface area contributed by atoms with Crippen molar-refractivity contribution in [2.75, 3.05) is 21.1 Å². The molecule has 6 heteroatoms. The van der Waals surface area contributed by atoms with E-state index in [1.165, 1.54) is 212 Å². The van der Waals surface area contributed by atoms with Crippen molar-refractivity contribution in [3.63, 3.8) is 0 Å². The largest absolute Gasteiger partial charge is 0.359 e. The minimum Gasteiger partial charge on any atom is -0.359 e. The molecule has 24 atom stereocenters. The molecular weight excluding hydrogens is 1080 g/mol. The van der Waals surface area contributed by atoms with Gasteiger partial charge in [-0.15, -0.1) is 0 Å². The third-order valence-electron chi connectivity index (χ3n) is 34.8. The maximum atomic E-state index is 3.09. The average molecular weight is 1230 g/mol. The fourth-order valence-corrected chi connectivity index (χ4v) is 30.2. The van der Waals surface area contributed by atoms with E-state index in [9.17, 15) is 0 Å². The van der Waals surface area contributed by atoms with Gasteiger partial charge in [0.1, 0.15) is 0 Å². The molecule has 0 bridgehead atoms. The van der Waals surface area contributed by atoms with E-state index in [4.69, 9.17) is 0 Å². The lowest BCUT2D eigenvalue weighted by Gasteiger charge is -2.62. The first-order valence-electron chi connectivity index (χ1n) is 41.0. The van der Waals surface area contributed by atoms with E-state index in [1.807, 2.05) is 16.7 Å². The number of nitrogens with zero attached hydrogens (tertiary/aromatic N) is 3. The molecule has 9 saturated carbocycles. The first-order valence-corrected chi connectivity index (χ1v) is 41.0. The molecule has 90 heavy (non-hydrogen) atoms. The van der Waals surface area contributed by atoms with Crippen LogP contribution in [0.4, 0.5) is 0 Å². The van der Waals surface area contributed by atoms with Crippen molar-refractivity contribution in [2.24, 2.45) is 139 Å². The maximum Gasteiger partial charge on any atom is 0.293 e. The minimum atomic E-state index is 0.394. The van der Waals surface area contributed by atoms with E-state index in [2.05, 4.69) is 157 Å². The van der Waals surface area contributed by atoms with Gasteiger partial charge in [0.05, 0.1) is 0 Å². The van der Waals surface area contributed by atoms with Crippen LogP contribution in [0.25, 0.3) is 0 Å². The fraction of sp³-hybridized carbons (Fsp3) is 0.929. The number of rotatable bonds is 18. The second kappa shape index (κ2) is 25.9. The van der Waals surface area contributed by atoms with Crippen LogP contribution in [0.2, 0.25) is 17.5 Å². The van der Waals surface area contributed by atoms with Crippen LogP contribution in [-0.2, 0) is 0 Å². The van der Waals surface area contributed by atoms with Crippen molar-refractivity contribution in [1.82, 2.24) is 14.2 Å². The Kier molecular flexibility index (Phi) is 19.5. The Morgan fingerprint density at radius 3 is 0.867 bits per heavy atom. The van der Waals surface area contributed by atoms with Crippen LogP contribution < -0.4 is 0 Å². The average Bonchev–Trinajstić information content (AvgIpc) is 1.14. The SMILES string of the molecule is CC(C)CCC[C@@H](C)[C@H]1CC[C@H]2[C@@H]3CC=C4C[C@@H](B5N(C)B([C@H]6CC[C@@]7(C)C(=CC[C@H]8[C@@H]9CC[C@H]([C@H](C)CCCC(C)C)[C@@]9(C)CC[C@@H]87)C6)N(C)B([C@H]6CC[C@@]7(C)C(=CC[C@H]8[C@@H]9CC[C@H]([C@H](C)CCCC(C)C)[C@@]9(C)CC[C@@H]87)C6)N5C)CC[C@]4(C)[C@H]3CC[C@]12C. The maximum absolute atomic E-state index is 3.09. The molecule has 1 saturated heterocycles. The summed E-state index contributed by atoms with van der Waals surface area (Å²) in [5.74, 6) is 18.4. The first kappa shape index (κ1) is 67.8. The second-order valence-corrected chi connectivity index (χ2v) is 40.1. The van der Waals surface area contributed by atoms with Crippen molar-refractivity contribution in [3.8, 4) is 0 Å². The van der Waals surface area contributed by atoms with Crippen LogP contribution in [0.3, 0.4) is 0 Å². The molecular formula is C84H144B3N3. The molecule has 1 aliphatic heterocycles. The minimum absolute atomic E-state index is 0.394. The first-order chi connectivity index (χ1) is 42.8. The summed E-state index contributed by atoms with van der Waals surface area (Å²) in [5, 5.41) is 0. The normalized spacial score (nSPS) is 46.4. The van der Waals surface area contributed by atoms with Crippen LogP contribution in [0.5, 0.6) is 0 Å². The molecule has 13 aliphatic rings. The Balaban J connectivity index is 0.755. The molecule has 0 amide bonds. The number of hydrogen-bond acceptors (Lipinski definition) is 3. The van der Waals surface area contributed by atoms with Crippen molar-refractivity contribution in [1.29, 1.82) is 0 Å². The number of hydrogen-bond donors (Lipinski definition) is 0. The third-order valence-corrected chi connectivity index (χ3v) is 34.8. The Bertz CT molecular complexity index is 2320. The van der Waals surface area contributed by atoms with E-state index in [0.717, 1.165) is 107 Å². The highest BCUT2D eigenvalue weighted by Crippen LogP contribution is 2.72. The van der Waals surface area contributed by atoms with Crippen molar-refractivity contribution in [3.05, 3.63) is 34.9 Å². The summed E-state index contributed by atoms with van der Waals surface area (Å²) in [4.78, 5) is 0. The topological polar surface area (TPSA) is 9.72 Å². The molecule has 0 aromatic heterocycles. The molecule has 504 valence electrons. The molecule has 0 aromatic carbocycles. The van der Waals surface area contributed by atoms with Gasteiger partial charge in [-0.2, -0.15) is 0 Å². The summed E-state index contributed by atoms with van der Waals surface area (Å²) >= 11 is 0. The van der Waals surface area contributed by atoms with E-state index < -0.39 is 0 Å². The van der Waals surface area contributed by atoms with Gasteiger partial charge in [0, 0.05) is 0 Å². The highest BCUT2D eigenvalue weighted by molar-refractivity contribution is 6.87. The summed E-state index contributed by atoms with van der Waals surface area (Å²) in [6.07, 6.45) is 56.6. The Morgan fingerprint density at radius 1 is 0.344 bits per heavy atom. The van der Waals surface area contributed by atoms with Gasteiger partial charge in [-0.3, -0.25) is 0 Å². The zero-order chi connectivity index (χ0) is 63.8. The summed E-state index contributed by atoms with van der Waals surface area (Å²) in [6.45, 7) is 41.1. The van der Waals surface area contributed by atoms with Gasteiger partial charge in [0.25, 0.3) is 20.9 Å². The molecule has 0 radical (unpaired) electrons. The van der Waals surface area contributed by atoms with Crippen LogP contribution >= 0.6 is 0 Å². The summed E-state index contributed by atoms with van der Waals surface area (Å²) in [6, 6.07) is 0. The van der Waals surface area contributed by atoms with Gasteiger partial charge >= 0.3 is 0 Å². The van der Waals surface area contributed by atoms with Gasteiger partial charge in [0.15, 0.2) is 0 Å². The van der Waals surface area contributed by atoms with Crippen LogP contribution in [0, 0.1) is 139 Å². The summed E-state index contributed by atoms with van der Waals surface area (Å²) in [7, 11) is 8.04. The molecule has 12 aliphatic carbocycles. The molecule has 13 rings (SSSR count). The lowest BCUT2D eigenvalue weighted by atomic mass is 9.30. The molecule has 1 heterocycles. The predicted molar refractivity (Wildman–Crippen MR) is 391 cm³/mol. The Hall–Kier alpha value is -0.705. The second-order valence-electron chi connectivity index (χ2n) is 40.1. The standard InChI is InChI=1S/C84H144B3N3/c1-55(2)22-19-25-58(7)70-34-37-73-67-31-28-61-52-64(40-46-79(61,10)76(67)43-49-82(70,73)13)85-88(16)86(65-41-47-80(11)62(53-65)29-32-68-74-38-35-71(59(8)26-20-23-56(3)4)83(74,14)50-44-77(68)80)90(18)87(89(85)17)66-42-48-81(12)63(54-66)30-33-69-75-39-36-72(60(9)27-21-24-57(5)6)84(75,15)51-45-78(69)81/h28-30,55-60,64-78H,19-27,31-54H2,1-18H3/t58-,59-,60-,64+,65+,66+,67+,68+,69+,70-,71-,72-,73+,74+,75+,76+,77+,78+,79+,80+,81+,82-,83-,84-/m1/s1. The highest BCUT2D eigenvalue weighted by atomic mass is 15.3. The van der Waals surface area contributed by atoms with Crippen molar-refractivity contribution >= 4 is 20.9 Å². The Labute approximate surface area is 560 Å². The molecule has 0 aromatic rings. The lowest BCUT2D eigenvalue weighted by Crippen LogP contribution is -2.78. The van der Waals surface area contributed by atoms with Gasteiger partial charge in [-0.05, 0) is 312 Å². The molecule has 0 N–H and O–H groups in total. The predicted octanol–water partition coefficient (Wildman–Crippen LogP) is 23.5. The summed E-state index contributed by atoms with van der Waals surface area (Å²) < 4.78 is 9.27. The van der Waals surface area contributed by atoms with E-state index >= 15 is 0 Å². The zero-order valence-corrected chi connectivity index (χ0v) is 62.8. The molecule has 0 spiro atoms. The van der Waals surface area contributed by atoms with Gasteiger partial charge in [-0.25, -0.2) is 0 Å². The fourth-order valence-electron chi connectivity index (χ4n) is 30.2. The van der Waals surface area contributed by atoms with Gasteiger partial charge in [0.2, 0.25) is 0 Å². The molecule has 10 fully saturated rings. The van der Waals surface area contributed by atoms with Crippen LogP contribution in [0.1, 0.15) is 316 Å². The smallest absolute Gasteiger partial charge is 0.293 e. The van der Waals surface area contributed by atoms with E-state index in [-0.39, 0.29) is 0 Å². The molecule has 0 unspecified atom stereocenters. The zero-order valence-electron chi connectivity index (χ0n) is 62.8. The number of fused-ring (bicyclic) bond motifs is 15. The quantitative estimate of drug-likeness (QED) is 0.100. The summed E-state index contributed by atoms with van der Waals surface area (Å²) in [5.41, 5.74) is 8.64. The highest BCUT2D eigenvalue weighted by Gasteiger charge is 2.66.